The molecule has 0 aliphatic rings. The number of carboxylic acid groups (broad SMARTS) is 1. The minimum atomic E-state index is -0.766. The number of hydrogen-bond donors (Lipinski definition) is 1. The average Bonchev–Trinajstić information content (AvgIpc) is 2.82. The van der Waals surface area contributed by atoms with Gasteiger partial charge in [0.05, 0.1) is 17.0 Å². The van der Waals surface area contributed by atoms with Crippen molar-refractivity contribution in [1.82, 2.24) is 4.98 Å². The first-order chi connectivity index (χ1) is 8.06. The number of rotatable bonds is 4. The molecule has 0 bridgehead atoms. The Morgan fingerprint density at radius 3 is 2.94 bits per heavy atom. The van der Waals surface area contributed by atoms with Crippen molar-refractivity contribution in [3.8, 4) is 9.88 Å². The molecule has 6 heteroatoms. The SMILES string of the molecule is Cc1nc(-c2cc(Br)cs2)sc1CCC(=O)O. The largest absolute Gasteiger partial charge is 0.481 e. The van der Waals surface area contributed by atoms with Gasteiger partial charge in [-0.3, -0.25) is 4.79 Å². The van der Waals surface area contributed by atoms with E-state index < -0.39 is 5.97 Å². The van der Waals surface area contributed by atoms with Crippen LogP contribution in [0.2, 0.25) is 0 Å². The van der Waals surface area contributed by atoms with E-state index >= 15 is 0 Å². The highest BCUT2D eigenvalue weighted by Crippen LogP contribution is 2.34. The van der Waals surface area contributed by atoms with Gasteiger partial charge < -0.3 is 5.11 Å². The van der Waals surface area contributed by atoms with Crippen LogP contribution in [0.15, 0.2) is 15.9 Å². The topological polar surface area (TPSA) is 50.2 Å². The molecule has 2 heterocycles. The number of aryl methyl sites for hydroxylation is 2. The molecule has 0 spiro atoms. The third kappa shape index (κ3) is 3.14. The van der Waals surface area contributed by atoms with E-state index in [2.05, 4.69) is 20.9 Å². The lowest BCUT2D eigenvalue weighted by molar-refractivity contribution is -0.136. The lowest BCUT2D eigenvalue weighted by Gasteiger charge is -1.92. The van der Waals surface area contributed by atoms with Gasteiger partial charge in [0.15, 0.2) is 0 Å². The fraction of sp³-hybridized carbons (Fsp3) is 0.273. The quantitative estimate of drug-likeness (QED) is 0.922. The van der Waals surface area contributed by atoms with Crippen LogP contribution in [0.4, 0.5) is 0 Å². The van der Waals surface area contributed by atoms with E-state index in [-0.39, 0.29) is 6.42 Å². The monoisotopic (exact) mass is 331 g/mol. The molecule has 1 N–H and O–H groups in total. The van der Waals surface area contributed by atoms with Gasteiger partial charge in [0.2, 0.25) is 0 Å². The molecule has 0 saturated heterocycles. The minimum absolute atomic E-state index is 0.163. The van der Waals surface area contributed by atoms with E-state index in [4.69, 9.17) is 5.11 Å². The van der Waals surface area contributed by atoms with Crippen molar-refractivity contribution >= 4 is 44.6 Å². The summed E-state index contributed by atoms with van der Waals surface area (Å²) in [7, 11) is 0. The van der Waals surface area contributed by atoms with E-state index in [1.165, 1.54) is 0 Å². The molecule has 0 aliphatic heterocycles. The first-order valence-corrected chi connectivity index (χ1v) is 7.47. The molecular formula is C11H10BrNO2S2. The van der Waals surface area contributed by atoms with E-state index in [0.29, 0.717) is 6.42 Å². The van der Waals surface area contributed by atoms with E-state index in [1.54, 1.807) is 22.7 Å². The molecule has 0 amide bonds. The molecule has 0 saturated carbocycles. The standard InChI is InChI=1S/C11H10BrNO2S2/c1-6-8(2-3-10(14)15)17-11(13-6)9-4-7(12)5-16-9/h4-5H,2-3H2,1H3,(H,14,15). The maximum absolute atomic E-state index is 10.5. The Kier molecular flexibility index (Phi) is 3.96. The molecule has 0 aromatic carbocycles. The Hall–Kier alpha value is -0.720. The molecule has 0 unspecified atom stereocenters. The molecule has 90 valence electrons. The van der Waals surface area contributed by atoms with Gasteiger partial charge in [-0.05, 0) is 35.3 Å². The maximum atomic E-state index is 10.5. The van der Waals surface area contributed by atoms with Crippen LogP contribution in [0.3, 0.4) is 0 Å². The highest BCUT2D eigenvalue weighted by molar-refractivity contribution is 9.10. The molecule has 0 aliphatic carbocycles. The van der Waals surface area contributed by atoms with Crippen molar-refractivity contribution in [1.29, 1.82) is 0 Å². The van der Waals surface area contributed by atoms with Crippen LogP contribution >= 0.6 is 38.6 Å². The number of halogens is 1. The third-order valence-electron chi connectivity index (χ3n) is 2.24. The van der Waals surface area contributed by atoms with Crippen molar-refractivity contribution in [2.24, 2.45) is 0 Å². The smallest absolute Gasteiger partial charge is 0.303 e. The van der Waals surface area contributed by atoms with Gasteiger partial charge in [0.25, 0.3) is 0 Å². The molecule has 0 fully saturated rings. The first-order valence-electron chi connectivity index (χ1n) is 4.99. The Morgan fingerprint density at radius 2 is 2.35 bits per heavy atom. The number of nitrogens with zero attached hydrogens (tertiary/aromatic N) is 1. The molecular weight excluding hydrogens is 322 g/mol. The zero-order valence-electron chi connectivity index (χ0n) is 9.07. The second-order valence-corrected chi connectivity index (χ2v) is 6.46. The summed E-state index contributed by atoms with van der Waals surface area (Å²) in [6, 6.07) is 2.03. The average molecular weight is 332 g/mol. The van der Waals surface area contributed by atoms with Gasteiger partial charge >= 0.3 is 5.97 Å². The Morgan fingerprint density at radius 1 is 1.59 bits per heavy atom. The molecule has 2 aromatic rings. The van der Waals surface area contributed by atoms with E-state index in [9.17, 15) is 4.79 Å². The maximum Gasteiger partial charge on any atom is 0.303 e. The molecule has 0 atom stereocenters. The zero-order valence-corrected chi connectivity index (χ0v) is 12.3. The fourth-order valence-electron chi connectivity index (χ4n) is 1.41. The number of carbonyl (C=O) groups is 1. The van der Waals surface area contributed by atoms with Crippen LogP contribution in [0.25, 0.3) is 9.88 Å². The molecule has 2 rings (SSSR count). The fourth-order valence-corrected chi connectivity index (χ4v) is 3.96. The first kappa shape index (κ1) is 12.7. The summed E-state index contributed by atoms with van der Waals surface area (Å²) >= 11 is 6.63. The van der Waals surface area contributed by atoms with Gasteiger partial charge in [-0.25, -0.2) is 4.98 Å². The molecule has 3 nitrogen and oxygen atoms in total. The van der Waals surface area contributed by atoms with Gasteiger partial charge in [0.1, 0.15) is 5.01 Å². The van der Waals surface area contributed by atoms with Crippen molar-refractivity contribution < 1.29 is 9.90 Å². The number of thiazole rings is 1. The van der Waals surface area contributed by atoms with E-state index in [1.807, 2.05) is 18.4 Å². The summed E-state index contributed by atoms with van der Waals surface area (Å²) in [6.45, 7) is 1.93. The number of aliphatic carboxylic acids is 1. The summed E-state index contributed by atoms with van der Waals surface area (Å²) < 4.78 is 1.05. The summed E-state index contributed by atoms with van der Waals surface area (Å²) in [5.41, 5.74) is 0.941. The van der Waals surface area contributed by atoms with Crippen LogP contribution < -0.4 is 0 Å². The van der Waals surface area contributed by atoms with Gasteiger partial charge in [-0.15, -0.1) is 22.7 Å². The Labute approximate surface area is 115 Å². The second kappa shape index (κ2) is 5.29. The van der Waals surface area contributed by atoms with Crippen molar-refractivity contribution in [2.45, 2.75) is 19.8 Å². The lowest BCUT2D eigenvalue weighted by Crippen LogP contribution is -1.96. The van der Waals surface area contributed by atoms with Crippen molar-refractivity contribution in [3.63, 3.8) is 0 Å². The van der Waals surface area contributed by atoms with Crippen molar-refractivity contribution in [3.05, 3.63) is 26.5 Å². The number of aromatic nitrogens is 1. The Bertz CT molecular complexity index is 547. The molecule has 17 heavy (non-hydrogen) atoms. The summed E-state index contributed by atoms with van der Waals surface area (Å²) in [5, 5.41) is 11.7. The van der Waals surface area contributed by atoms with Crippen LogP contribution in [-0.4, -0.2) is 16.1 Å². The highest BCUT2D eigenvalue weighted by Gasteiger charge is 2.12. The van der Waals surface area contributed by atoms with Crippen LogP contribution in [0.5, 0.6) is 0 Å². The van der Waals surface area contributed by atoms with Gasteiger partial charge in [0, 0.05) is 14.7 Å². The second-order valence-electron chi connectivity index (χ2n) is 3.55. The normalized spacial score (nSPS) is 10.7. The predicted octanol–water partition coefficient (Wildman–Crippen LogP) is 3.96. The highest BCUT2D eigenvalue weighted by atomic mass is 79.9. The number of carboxylic acids is 1. The summed E-state index contributed by atoms with van der Waals surface area (Å²) in [5.74, 6) is -0.766. The van der Waals surface area contributed by atoms with Crippen LogP contribution in [-0.2, 0) is 11.2 Å². The predicted molar refractivity (Wildman–Crippen MR) is 73.8 cm³/mol. The van der Waals surface area contributed by atoms with Crippen LogP contribution in [0, 0.1) is 6.92 Å². The number of thiophene rings is 1. The van der Waals surface area contributed by atoms with Gasteiger partial charge in [-0.1, -0.05) is 0 Å². The molecule has 0 radical (unpaired) electrons. The van der Waals surface area contributed by atoms with Crippen molar-refractivity contribution in [2.75, 3.05) is 0 Å². The minimum Gasteiger partial charge on any atom is -0.481 e. The Balaban J connectivity index is 2.21. The zero-order chi connectivity index (χ0) is 12.4. The lowest BCUT2D eigenvalue weighted by atomic mass is 10.2. The third-order valence-corrected chi connectivity index (χ3v) is 5.31. The molecule has 2 aromatic heterocycles. The van der Waals surface area contributed by atoms with Gasteiger partial charge in [-0.2, -0.15) is 0 Å². The summed E-state index contributed by atoms with van der Waals surface area (Å²) in [6.07, 6.45) is 0.724. The van der Waals surface area contributed by atoms with E-state index in [0.717, 1.165) is 24.9 Å². The number of hydrogen-bond acceptors (Lipinski definition) is 4. The van der Waals surface area contributed by atoms with Crippen LogP contribution in [0.1, 0.15) is 17.0 Å². The summed E-state index contributed by atoms with van der Waals surface area (Å²) in [4.78, 5) is 17.2.